The van der Waals surface area contributed by atoms with Crippen LogP contribution in [0.5, 0.6) is 5.75 Å². The van der Waals surface area contributed by atoms with Crippen molar-refractivity contribution in [2.24, 2.45) is 0 Å². The number of likely N-dealkylation sites (tertiary alicyclic amines) is 1. The second-order valence-corrected chi connectivity index (χ2v) is 9.50. The topological polar surface area (TPSA) is 85.8 Å². The van der Waals surface area contributed by atoms with Gasteiger partial charge in [0.1, 0.15) is 5.75 Å². The van der Waals surface area contributed by atoms with E-state index in [2.05, 4.69) is 5.32 Å². The third-order valence-electron chi connectivity index (χ3n) is 6.14. The first-order valence-electron chi connectivity index (χ1n) is 11.7. The van der Waals surface area contributed by atoms with Crippen LogP contribution in [0.1, 0.15) is 25.1 Å². The van der Waals surface area contributed by atoms with Gasteiger partial charge >= 0.3 is 0 Å². The number of methoxy groups -OCH3 is 1. The first kappa shape index (κ1) is 22.6. The quantitative estimate of drug-likeness (QED) is 0.300. The van der Waals surface area contributed by atoms with Gasteiger partial charge in [-0.1, -0.05) is 30.0 Å². The number of carbonyl (C=O) groups excluding carboxylic acids is 1. The van der Waals surface area contributed by atoms with Gasteiger partial charge in [0, 0.05) is 17.1 Å². The summed E-state index contributed by atoms with van der Waals surface area (Å²) >= 11 is 1.36. The number of nitrogens with one attached hydrogen (secondary N) is 2. The first-order chi connectivity index (χ1) is 16.7. The van der Waals surface area contributed by atoms with Gasteiger partial charge in [-0.25, -0.2) is 9.97 Å². The molecule has 0 aliphatic carbocycles. The minimum Gasteiger partial charge on any atom is -0.497 e. The van der Waals surface area contributed by atoms with Gasteiger partial charge in [0.25, 0.3) is 0 Å². The van der Waals surface area contributed by atoms with E-state index >= 15 is 0 Å². The molecule has 3 heterocycles. The van der Waals surface area contributed by atoms with Gasteiger partial charge in [-0.05, 0) is 43.5 Å². The molecule has 8 nitrogen and oxygen atoms in total. The van der Waals surface area contributed by atoms with Gasteiger partial charge in [0.15, 0.2) is 16.6 Å². The Morgan fingerprint density at radius 2 is 1.97 bits per heavy atom. The predicted molar refractivity (Wildman–Crippen MR) is 134 cm³/mol. The Labute approximate surface area is 202 Å². The number of anilines is 1. The molecule has 4 aromatic rings. The molecule has 9 heteroatoms. The molecule has 0 radical (unpaired) electrons. The summed E-state index contributed by atoms with van der Waals surface area (Å²) < 4.78 is 7.03. The summed E-state index contributed by atoms with van der Waals surface area (Å²) in [4.78, 5) is 23.9. The van der Waals surface area contributed by atoms with Crippen molar-refractivity contribution in [3.63, 3.8) is 0 Å². The molecule has 1 amide bonds. The number of aromatic nitrogens is 4. The van der Waals surface area contributed by atoms with E-state index in [1.54, 1.807) is 22.6 Å². The number of fused-ring (bicyclic) bond motifs is 3. The van der Waals surface area contributed by atoms with Crippen LogP contribution >= 0.6 is 11.8 Å². The molecule has 2 aromatic heterocycles. The van der Waals surface area contributed by atoms with E-state index in [-0.39, 0.29) is 11.7 Å². The maximum Gasteiger partial charge on any atom is 0.234 e. The lowest BCUT2D eigenvalue weighted by atomic mass is 10.1. The molecule has 0 saturated carbocycles. The molecule has 2 N–H and O–H groups in total. The lowest BCUT2D eigenvalue weighted by Crippen LogP contribution is -3.13. The summed E-state index contributed by atoms with van der Waals surface area (Å²) in [6, 6.07) is 15.3. The van der Waals surface area contributed by atoms with Crippen LogP contribution in [0.2, 0.25) is 0 Å². The highest BCUT2D eigenvalue weighted by molar-refractivity contribution is 7.99. The lowest BCUT2D eigenvalue weighted by molar-refractivity contribution is -0.904. The highest BCUT2D eigenvalue weighted by Crippen LogP contribution is 2.24. The standard InChI is InChI=1S/C25H28N6O2S/c1-33-19-9-7-8-18(16-19)26-23(32)17-34-25-27-21-11-4-3-10-20(21)24-28-22(29-31(24)25)12-15-30-13-5-2-6-14-30/h3-4,7-11,16H,2,5-6,12-15,17H2,1H3,(H,26,32)/p+1. The van der Waals surface area contributed by atoms with Crippen molar-refractivity contribution >= 4 is 39.9 Å². The van der Waals surface area contributed by atoms with Crippen LogP contribution in [0.15, 0.2) is 53.7 Å². The highest BCUT2D eigenvalue weighted by atomic mass is 32.2. The molecule has 5 rings (SSSR count). The zero-order valence-electron chi connectivity index (χ0n) is 19.3. The third-order valence-corrected chi connectivity index (χ3v) is 7.07. The minimum absolute atomic E-state index is 0.115. The lowest BCUT2D eigenvalue weighted by Gasteiger charge is -2.22. The van der Waals surface area contributed by atoms with Crippen molar-refractivity contribution in [3.8, 4) is 5.75 Å². The van der Waals surface area contributed by atoms with Crippen LogP contribution in [-0.4, -0.2) is 58.0 Å². The fraction of sp³-hybridized carbons (Fsp3) is 0.360. The van der Waals surface area contributed by atoms with Gasteiger partial charge < -0.3 is 15.0 Å². The summed E-state index contributed by atoms with van der Waals surface area (Å²) in [6.45, 7) is 3.52. The molecular weight excluding hydrogens is 448 g/mol. The van der Waals surface area contributed by atoms with E-state index in [1.807, 2.05) is 42.5 Å². The Morgan fingerprint density at radius 1 is 1.12 bits per heavy atom. The summed E-state index contributed by atoms with van der Waals surface area (Å²) in [7, 11) is 1.60. The molecule has 1 aliphatic heterocycles. The summed E-state index contributed by atoms with van der Waals surface area (Å²) in [5.41, 5.74) is 2.35. The average Bonchev–Trinajstić information content (AvgIpc) is 3.31. The number of nitrogens with zero attached hydrogens (tertiary/aromatic N) is 4. The van der Waals surface area contributed by atoms with E-state index in [9.17, 15) is 4.79 Å². The Hall–Kier alpha value is -3.17. The maximum absolute atomic E-state index is 12.6. The molecular formula is C25H29N6O2S+. The molecule has 176 valence electrons. The molecule has 0 unspecified atom stereocenters. The number of quaternary nitrogens is 1. The summed E-state index contributed by atoms with van der Waals surface area (Å²) in [5, 5.41) is 9.35. The zero-order chi connectivity index (χ0) is 23.3. The van der Waals surface area contributed by atoms with Gasteiger partial charge in [0.05, 0.1) is 44.4 Å². The van der Waals surface area contributed by atoms with Crippen LogP contribution in [-0.2, 0) is 11.2 Å². The van der Waals surface area contributed by atoms with Crippen LogP contribution in [0.25, 0.3) is 16.6 Å². The average molecular weight is 478 g/mol. The number of benzene rings is 2. The Bertz CT molecular complexity index is 1300. The van der Waals surface area contributed by atoms with E-state index in [0.29, 0.717) is 16.6 Å². The number of thioether (sulfide) groups is 1. The molecule has 0 spiro atoms. The number of rotatable bonds is 8. The number of hydrogen-bond acceptors (Lipinski definition) is 6. The normalized spacial score (nSPS) is 14.5. The van der Waals surface area contributed by atoms with E-state index in [0.717, 1.165) is 35.3 Å². The fourth-order valence-electron chi connectivity index (χ4n) is 4.39. The van der Waals surface area contributed by atoms with Gasteiger partial charge in [0.2, 0.25) is 5.91 Å². The first-order valence-corrected chi connectivity index (χ1v) is 12.7. The van der Waals surface area contributed by atoms with E-state index < -0.39 is 0 Å². The second-order valence-electron chi connectivity index (χ2n) is 8.55. The highest BCUT2D eigenvalue weighted by Gasteiger charge is 2.18. The number of hydrogen-bond donors (Lipinski definition) is 2. The number of carbonyl (C=O) groups is 1. The summed E-state index contributed by atoms with van der Waals surface area (Å²) in [5.74, 6) is 1.63. The summed E-state index contributed by atoms with van der Waals surface area (Å²) in [6.07, 6.45) is 4.80. The number of para-hydroxylation sites is 1. The van der Waals surface area contributed by atoms with Crippen molar-refractivity contribution in [2.75, 3.05) is 37.8 Å². The molecule has 0 atom stereocenters. The minimum atomic E-state index is -0.115. The van der Waals surface area contributed by atoms with Crippen molar-refractivity contribution in [1.82, 2.24) is 19.6 Å². The van der Waals surface area contributed by atoms with Crippen molar-refractivity contribution in [3.05, 3.63) is 54.4 Å². The maximum atomic E-state index is 12.6. The third kappa shape index (κ3) is 5.15. The predicted octanol–water partition coefficient (Wildman–Crippen LogP) is 2.63. The Kier molecular flexibility index (Phi) is 6.92. The van der Waals surface area contributed by atoms with Crippen LogP contribution in [0.3, 0.4) is 0 Å². The largest absolute Gasteiger partial charge is 0.497 e. The number of amides is 1. The number of piperidine rings is 1. The molecule has 1 fully saturated rings. The van der Waals surface area contributed by atoms with Gasteiger partial charge in [-0.3, -0.25) is 4.79 Å². The van der Waals surface area contributed by atoms with E-state index in [4.69, 9.17) is 19.8 Å². The van der Waals surface area contributed by atoms with Gasteiger partial charge in [-0.2, -0.15) is 4.52 Å². The van der Waals surface area contributed by atoms with Crippen molar-refractivity contribution in [1.29, 1.82) is 0 Å². The van der Waals surface area contributed by atoms with E-state index in [1.165, 1.54) is 44.1 Å². The smallest absolute Gasteiger partial charge is 0.234 e. The fourth-order valence-corrected chi connectivity index (χ4v) is 5.14. The van der Waals surface area contributed by atoms with Crippen LogP contribution in [0, 0.1) is 0 Å². The van der Waals surface area contributed by atoms with Crippen LogP contribution in [0.4, 0.5) is 5.69 Å². The second kappa shape index (κ2) is 10.4. The molecule has 0 bridgehead atoms. The Morgan fingerprint density at radius 3 is 2.82 bits per heavy atom. The van der Waals surface area contributed by atoms with Crippen molar-refractivity contribution in [2.45, 2.75) is 30.8 Å². The molecule has 1 saturated heterocycles. The molecule has 2 aromatic carbocycles. The molecule has 1 aliphatic rings. The SMILES string of the molecule is COc1cccc(NC(=O)CSc2nc3ccccc3c3nc(CC[NH+]4CCCCC4)nn23)c1. The monoisotopic (exact) mass is 477 g/mol. The molecule has 34 heavy (non-hydrogen) atoms. The zero-order valence-corrected chi connectivity index (χ0v) is 20.1. The Balaban J connectivity index is 1.34. The number of ether oxygens (including phenoxy) is 1. The van der Waals surface area contributed by atoms with Crippen LogP contribution < -0.4 is 15.0 Å². The van der Waals surface area contributed by atoms with Gasteiger partial charge in [-0.15, -0.1) is 5.10 Å². The van der Waals surface area contributed by atoms with Crippen molar-refractivity contribution < 1.29 is 14.4 Å².